The number of nitriles is 1. The molecule has 8 nitrogen and oxygen atoms in total. The van der Waals surface area contributed by atoms with Crippen molar-refractivity contribution in [3.8, 4) is 6.07 Å². The predicted octanol–water partition coefficient (Wildman–Crippen LogP) is 1.10. The maximum atomic E-state index is 12.6. The molecule has 1 fully saturated rings. The third-order valence-corrected chi connectivity index (χ3v) is 4.20. The maximum Gasteiger partial charge on any atom is 0.356 e. The molecule has 0 aliphatic carbocycles. The van der Waals surface area contributed by atoms with E-state index >= 15 is 0 Å². The minimum Gasteiger partial charge on any atom is -0.464 e. The van der Waals surface area contributed by atoms with E-state index in [9.17, 15) is 9.59 Å². The number of anilines is 1. The summed E-state index contributed by atoms with van der Waals surface area (Å²) >= 11 is 0. The van der Waals surface area contributed by atoms with Crippen molar-refractivity contribution in [2.45, 2.75) is 0 Å². The van der Waals surface area contributed by atoms with Gasteiger partial charge in [-0.15, -0.1) is 0 Å². The highest BCUT2D eigenvalue weighted by molar-refractivity contribution is 5.95. The van der Waals surface area contributed by atoms with Crippen molar-refractivity contribution in [1.29, 1.82) is 5.26 Å². The number of amides is 1. The molecule has 0 unspecified atom stereocenters. The van der Waals surface area contributed by atoms with Crippen LogP contribution in [-0.4, -0.2) is 60.0 Å². The summed E-state index contributed by atoms with van der Waals surface area (Å²) in [5.74, 6) is -0.653. The lowest BCUT2D eigenvalue weighted by Gasteiger charge is -2.36. The van der Waals surface area contributed by atoms with Gasteiger partial charge in [-0.05, 0) is 24.3 Å². The number of ether oxygens (including phenoxy) is 1. The highest BCUT2D eigenvalue weighted by Crippen LogP contribution is 2.17. The first-order valence-corrected chi connectivity index (χ1v) is 8.07. The van der Waals surface area contributed by atoms with Crippen LogP contribution in [0.2, 0.25) is 0 Å². The van der Waals surface area contributed by atoms with Gasteiger partial charge in [0.05, 0.1) is 24.6 Å². The molecule has 0 atom stereocenters. The van der Waals surface area contributed by atoms with Gasteiger partial charge < -0.3 is 14.5 Å². The molecule has 0 aromatic carbocycles. The zero-order valence-corrected chi connectivity index (χ0v) is 14.3. The zero-order valence-electron chi connectivity index (χ0n) is 14.3. The average Bonchev–Trinajstić information content (AvgIpc) is 2.73. The third-order valence-electron chi connectivity index (χ3n) is 4.20. The molecule has 26 heavy (non-hydrogen) atoms. The number of esters is 1. The molecule has 8 heteroatoms. The summed E-state index contributed by atoms with van der Waals surface area (Å²) in [5.41, 5.74) is 1.92. The number of carbonyl (C=O) groups excluding carboxylic acids is 2. The van der Waals surface area contributed by atoms with E-state index in [4.69, 9.17) is 5.26 Å². The summed E-state index contributed by atoms with van der Waals surface area (Å²) in [5, 5.41) is 8.80. The molecule has 0 N–H and O–H groups in total. The van der Waals surface area contributed by atoms with Gasteiger partial charge in [0.15, 0.2) is 0 Å². The molecule has 1 aliphatic rings. The topological polar surface area (TPSA) is 99.4 Å². The molecule has 0 saturated carbocycles. The van der Waals surface area contributed by atoms with Crippen LogP contribution in [0, 0.1) is 11.3 Å². The number of methoxy groups -OCH3 is 1. The standard InChI is InChI=1S/C18H17N5O3/c1-26-18(25)16-5-2-13(11-21-16)17(24)23-8-6-22(7-9-23)15-4-3-14(10-19)20-12-15/h2-5,11-12H,6-9H2,1H3. The number of nitrogens with zero attached hydrogens (tertiary/aromatic N) is 5. The number of pyridine rings is 2. The smallest absolute Gasteiger partial charge is 0.356 e. The maximum absolute atomic E-state index is 12.6. The lowest BCUT2D eigenvalue weighted by Crippen LogP contribution is -2.48. The minimum absolute atomic E-state index is 0.119. The third kappa shape index (κ3) is 3.62. The largest absolute Gasteiger partial charge is 0.464 e. The summed E-state index contributed by atoms with van der Waals surface area (Å²) in [7, 11) is 1.28. The summed E-state index contributed by atoms with van der Waals surface area (Å²) < 4.78 is 4.60. The van der Waals surface area contributed by atoms with Crippen LogP contribution in [0.3, 0.4) is 0 Å². The normalized spacial score (nSPS) is 13.8. The molecule has 0 radical (unpaired) electrons. The van der Waals surface area contributed by atoms with E-state index in [1.165, 1.54) is 19.4 Å². The quantitative estimate of drug-likeness (QED) is 0.763. The Balaban J connectivity index is 1.61. The fourth-order valence-corrected chi connectivity index (χ4v) is 2.74. The fourth-order valence-electron chi connectivity index (χ4n) is 2.74. The highest BCUT2D eigenvalue weighted by Gasteiger charge is 2.23. The van der Waals surface area contributed by atoms with Crippen LogP contribution >= 0.6 is 0 Å². The van der Waals surface area contributed by atoms with Crippen LogP contribution < -0.4 is 4.90 Å². The Kier molecular flexibility index (Phi) is 5.08. The summed E-state index contributed by atoms with van der Waals surface area (Å²) in [6, 6.07) is 8.60. The van der Waals surface area contributed by atoms with Gasteiger partial charge in [0, 0.05) is 32.4 Å². The van der Waals surface area contributed by atoms with Crippen molar-refractivity contribution in [3.05, 3.63) is 53.6 Å². The first kappa shape index (κ1) is 17.4. The van der Waals surface area contributed by atoms with Gasteiger partial charge in [0.1, 0.15) is 17.5 Å². The van der Waals surface area contributed by atoms with Crippen molar-refractivity contribution in [2.24, 2.45) is 0 Å². The van der Waals surface area contributed by atoms with Crippen molar-refractivity contribution >= 4 is 17.6 Å². The summed E-state index contributed by atoms with van der Waals surface area (Å²) in [6.45, 7) is 2.48. The molecule has 132 valence electrons. The van der Waals surface area contributed by atoms with Gasteiger partial charge in [-0.2, -0.15) is 5.26 Å². The molecular formula is C18H17N5O3. The van der Waals surface area contributed by atoms with E-state index in [2.05, 4.69) is 19.6 Å². The number of piperazine rings is 1. The van der Waals surface area contributed by atoms with Crippen LogP contribution in [0.4, 0.5) is 5.69 Å². The van der Waals surface area contributed by atoms with Crippen LogP contribution in [0.5, 0.6) is 0 Å². The molecular weight excluding hydrogens is 334 g/mol. The second-order valence-corrected chi connectivity index (χ2v) is 5.72. The molecule has 0 bridgehead atoms. The number of carbonyl (C=O) groups is 2. The molecule has 2 aromatic rings. The monoisotopic (exact) mass is 351 g/mol. The van der Waals surface area contributed by atoms with Crippen molar-refractivity contribution in [3.63, 3.8) is 0 Å². The average molecular weight is 351 g/mol. The molecule has 2 aromatic heterocycles. The Morgan fingerprint density at radius 1 is 1.08 bits per heavy atom. The molecule has 1 saturated heterocycles. The van der Waals surface area contributed by atoms with Gasteiger partial charge in [-0.1, -0.05) is 0 Å². The number of aromatic nitrogens is 2. The molecule has 1 aliphatic heterocycles. The van der Waals surface area contributed by atoms with Gasteiger partial charge in [0.25, 0.3) is 5.91 Å². The fraction of sp³-hybridized carbons (Fsp3) is 0.278. The second-order valence-electron chi connectivity index (χ2n) is 5.72. The first-order valence-electron chi connectivity index (χ1n) is 8.07. The van der Waals surface area contributed by atoms with Crippen LogP contribution in [0.15, 0.2) is 36.7 Å². The van der Waals surface area contributed by atoms with Crippen LogP contribution in [-0.2, 0) is 4.74 Å². The number of hydrogen-bond donors (Lipinski definition) is 0. The van der Waals surface area contributed by atoms with Crippen molar-refractivity contribution in [2.75, 3.05) is 38.2 Å². The van der Waals surface area contributed by atoms with E-state index in [0.29, 0.717) is 37.4 Å². The van der Waals surface area contributed by atoms with Gasteiger partial charge >= 0.3 is 5.97 Å². The first-order chi connectivity index (χ1) is 12.6. The van der Waals surface area contributed by atoms with Crippen molar-refractivity contribution in [1.82, 2.24) is 14.9 Å². The molecule has 1 amide bonds. The lowest BCUT2D eigenvalue weighted by molar-refractivity contribution is 0.0592. The summed E-state index contributed by atoms with van der Waals surface area (Å²) in [4.78, 5) is 35.9. The van der Waals surface area contributed by atoms with Crippen LogP contribution in [0.1, 0.15) is 26.5 Å². The molecule has 3 rings (SSSR count). The zero-order chi connectivity index (χ0) is 18.5. The number of hydrogen-bond acceptors (Lipinski definition) is 7. The molecule has 0 spiro atoms. The van der Waals surface area contributed by atoms with Gasteiger partial charge in [-0.25, -0.2) is 14.8 Å². The van der Waals surface area contributed by atoms with Gasteiger partial charge in [0.2, 0.25) is 0 Å². The SMILES string of the molecule is COC(=O)c1ccc(C(=O)N2CCN(c3ccc(C#N)nc3)CC2)cn1. The second kappa shape index (κ2) is 7.61. The Hall–Kier alpha value is -3.47. The van der Waals surface area contributed by atoms with Crippen LogP contribution in [0.25, 0.3) is 0 Å². The van der Waals surface area contributed by atoms with Crippen molar-refractivity contribution < 1.29 is 14.3 Å². The Morgan fingerprint density at radius 2 is 1.85 bits per heavy atom. The lowest BCUT2D eigenvalue weighted by atomic mass is 10.2. The Labute approximate surface area is 150 Å². The Bertz CT molecular complexity index is 835. The summed E-state index contributed by atoms with van der Waals surface area (Å²) in [6.07, 6.45) is 3.07. The van der Waals surface area contributed by atoms with E-state index in [-0.39, 0.29) is 11.6 Å². The van der Waals surface area contributed by atoms with Gasteiger partial charge in [-0.3, -0.25) is 4.79 Å². The minimum atomic E-state index is -0.534. The van der Waals surface area contributed by atoms with E-state index in [0.717, 1.165) is 5.69 Å². The van der Waals surface area contributed by atoms with E-state index in [1.54, 1.807) is 23.2 Å². The highest BCUT2D eigenvalue weighted by atomic mass is 16.5. The van der Waals surface area contributed by atoms with E-state index in [1.807, 2.05) is 12.1 Å². The Morgan fingerprint density at radius 3 is 2.38 bits per heavy atom. The van der Waals surface area contributed by atoms with E-state index < -0.39 is 5.97 Å². The molecule has 3 heterocycles. The predicted molar refractivity (Wildman–Crippen MR) is 92.6 cm³/mol. The number of rotatable bonds is 3.